The van der Waals surface area contributed by atoms with Crippen LogP contribution in [0.15, 0.2) is 33.7 Å². The molecule has 13 heavy (non-hydrogen) atoms. The van der Waals surface area contributed by atoms with Crippen LogP contribution in [0.1, 0.15) is 5.82 Å². The van der Waals surface area contributed by atoms with Crippen LogP contribution in [0, 0.1) is 6.92 Å². The van der Waals surface area contributed by atoms with E-state index in [1.165, 1.54) is 0 Å². The zero-order valence-electron chi connectivity index (χ0n) is 6.99. The van der Waals surface area contributed by atoms with E-state index in [1.54, 1.807) is 12.5 Å². The number of halogens is 1. The van der Waals surface area contributed by atoms with Crippen molar-refractivity contribution in [1.29, 1.82) is 0 Å². The van der Waals surface area contributed by atoms with E-state index in [0.29, 0.717) is 4.67 Å². The fourth-order valence-corrected chi connectivity index (χ4v) is 1.40. The van der Waals surface area contributed by atoms with Crippen LogP contribution in [-0.4, -0.2) is 9.97 Å². The standard InChI is InChI=1S/C9H7BrN2O/c1-6-11-3-2-8(12-6)7-4-9(10)13-5-7/h2-5H,1H3. The van der Waals surface area contributed by atoms with Gasteiger partial charge < -0.3 is 4.42 Å². The van der Waals surface area contributed by atoms with E-state index >= 15 is 0 Å². The average molecular weight is 239 g/mol. The largest absolute Gasteiger partial charge is 0.457 e. The van der Waals surface area contributed by atoms with Crippen molar-refractivity contribution in [2.24, 2.45) is 0 Å². The topological polar surface area (TPSA) is 38.9 Å². The molecule has 0 aliphatic heterocycles. The molecule has 3 nitrogen and oxygen atoms in total. The minimum absolute atomic E-state index is 0.707. The molecule has 0 radical (unpaired) electrons. The molecule has 0 aliphatic carbocycles. The molecular weight excluding hydrogens is 232 g/mol. The molecule has 0 atom stereocenters. The van der Waals surface area contributed by atoms with E-state index in [1.807, 2.05) is 19.1 Å². The summed E-state index contributed by atoms with van der Waals surface area (Å²) in [7, 11) is 0. The summed E-state index contributed by atoms with van der Waals surface area (Å²) in [6.45, 7) is 1.86. The van der Waals surface area contributed by atoms with Crippen molar-refractivity contribution in [3.05, 3.63) is 35.1 Å². The summed E-state index contributed by atoms with van der Waals surface area (Å²) in [5.74, 6) is 0.759. The summed E-state index contributed by atoms with van der Waals surface area (Å²) in [6.07, 6.45) is 3.39. The van der Waals surface area contributed by atoms with E-state index in [4.69, 9.17) is 4.42 Å². The van der Waals surface area contributed by atoms with E-state index in [9.17, 15) is 0 Å². The molecular formula is C9H7BrN2O. The van der Waals surface area contributed by atoms with Crippen molar-refractivity contribution in [2.45, 2.75) is 6.92 Å². The molecule has 4 heteroatoms. The maximum atomic E-state index is 5.12. The Labute approximate surface area is 84.0 Å². The molecule has 0 aliphatic rings. The molecule has 0 spiro atoms. The van der Waals surface area contributed by atoms with Gasteiger partial charge in [-0.2, -0.15) is 0 Å². The molecule has 0 N–H and O–H groups in total. The molecule has 0 bridgehead atoms. The lowest BCUT2D eigenvalue weighted by Crippen LogP contribution is -1.87. The Kier molecular flexibility index (Phi) is 2.14. The van der Waals surface area contributed by atoms with Crippen LogP contribution in [0.25, 0.3) is 11.3 Å². The molecule has 0 fully saturated rings. The molecule has 2 aromatic rings. The SMILES string of the molecule is Cc1nccc(-c2coc(Br)c2)n1. The van der Waals surface area contributed by atoms with Crippen molar-refractivity contribution < 1.29 is 4.42 Å². The molecule has 2 heterocycles. The summed E-state index contributed by atoms with van der Waals surface area (Å²) in [4.78, 5) is 8.28. The summed E-state index contributed by atoms with van der Waals surface area (Å²) < 4.78 is 5.82. The maximum absolute atomic E-state index is 5.12. The summed E-state index contributed by atoms with van der Waals surface area (Å²) in [6, 6.07) is 3.73. The number of hydrogen-bond acceptors (Lipinski definition) is 3. The van der Waals surface area contributed by atoms with Crippen molar-refractivity contribution in [3.63, 3.8) is 0 Å². The van der Waals surface area contributed by atoms with Crippen molar-refractivity contribution in [1.82, 2.24) is 9.97 Å². The molecule has 0 saturated heterocycles. The van der Waals surface area contributed by atoms with Crippen LogP contribution in [0.4, 0.5) is 0 Å². The monoisotopic (exact) mass is 238 g/mol. The Bertz CT molecular complexity index is 425. The lowest BCUT2D eigenvalue weighted by Gasteiger charge is -1.95. The molecule has 2 aromatic heterocycles. The first-order chi connectivity index (χ1) is 6.25. The van der Waals surface area contributed by atoms with Gasteiger partial charge >= 0.3 is 0 Å². The van der Waals surface area contributed by atoms with Gasteiger partial charge in [0.05, 0.1) is 5.69 Å². The normalized spacial score (nSPS) is 10.3. The summed E-state index contributed by atoms with van der Waals surface area (Å²) in [5.41, 5.74) is 1.83. The number of furan rings is 1. The molecule has 0 unspecified atom stereocenters. The van der Waals surface area contributed by atoms with Gasteiger partial charge in [-0.3, -0.25) is 0 Å². The van der Waals surface area contributed by atoms with Gasteiger partial charge in [0, 0.05) is 17.8 Å². The number of rotatable bonds is 1. The highest BCUT2D eigenvalue weighted by Crippen LogP contribution is 2.22. The van der Waals surface area contributed by atoms with Crippen LogP contribution in [0.5, 0.6) is 0 Å². The van der Waals surface area contributed by atoms with Crippen molar-refractivity contribution in [2.75, 3.05) is 0 Å². The average Bonchev–Trinajstić information content (AvgIpc) is 2.52. The highest BCUT2D eigenvalue weighted by Gasteiger charge is 2.03. The highest BCUT2D eigenvalue weighted by atomic mass is 79.9. The van der Waals surface area contributed by atoms with Crippen LogP contribution in [0.3, 0.4) is 0 Å². The third-order valence-corrected chi connectivity index (χ3v) is 2.06. The first kappa shape index (κ1) is 8.44. The lowest BCUT2D eigenvalue weighted by atomic mass is 10.2. The van der Waals surface area contributed by atoms with Gasteiger partial charge in [-0.1, -0.05) is 0 Å². The second-order valence-corrected chi connectivity index (χ2v) is 3.41. The summed E-state index contributed by atoms with van der Waals surface area (Å²) >= 11 is 3.24. The van der Waals surface area contributed by atoms with E-state index in [2.05, 4.69) is 25.9 Å². The van der Waals surface area contributed by atoms with Gasteiger partial charge in [0.25, 0.3) is 0 Å². The minimum atomic E-state index is 0.707. The summed E-state index contributed by atoms with van der Waals surface area (Å²) in [5, 5.41) is 0. The first-order valence-electron chi connectivity index (χ1n) is 3.80. The van der Waals surface area contributed by atoms with Crippen LogP contribution >= 0.6 is 15.9 Å². The van der Waals surface area contributed by atoms with Crippen LogP contribution < -0.4 is 0 Å². The number of aryl methyl sites for hydroxylation is 1. The minimum Gasteiger partial charge on any atom is -0.457 e. The molecule has 2 rings (SSSR count). The highest BCUT2D eigenvalue weighted by molar-refractivity contribution is 9.10. The van der Waals surface area contributed by atoms with Crippen LogP contribution in [-0.2, 0) is 0 Å². The quantitative estimate of drug-likeness (QED) is 0.767. The van der Waals surface area contributed by atoms with Gasteiger partial charge in [0.1, 0.15) is 12.1 Å². The van der Waals surface area contributed by atoms with Gasteiger partial charge in [-0.15, -0.1) is 0 Å². The smallest absolute Gasteiger partial charge is 0.169 e. The number of aromatic nitrogens is 2. The fraction of sp³-hybridized carbons (Fsp3) is 0.111. The molecule has 0 saturated carbocycles. The second kappa shape index (κ2) is 3.30. The van der Waals surface area contributed by atoms with E-state index in [0.717, 1.165) is 17.1 Å². The third kappa shape index (κ3) is 1.78. The first-order valence-corrected chi connectivity index (χ1v) is 4.59. The van der Waals surface area contributed by atoms with Gasteiger partial charge in [0.2, 0.25) is 0 Å². The molecule has 0 amide bonds. The zero-order chi connectivity index (χ0) is 9.26. The van der Waals surface area contributed by atoms with Gasteiger partial charge in [0.15, 0.2) is 4.67 Å². The van der Waals surface area contributed by atoms with Crippen LogP contribution in [0.2, 0.25) is 0 Å². The van der Waals surface area contributed by atoms with Gasteiger partial charge in [-0.25, -0.2) is 9.97 Å². The van der Waals surface area contributed by atoms with E-state index in [-0.39, 0.29) is 0 Å². The third-order valence-electron chi connectivity index (χ3n) is 1.64. The number of hydrogen-bond donors (Lipinski definition) is 0. The fourth-order valence-electron chi connectivity index (χ4n) is 1.06. The number of nitrogens with zero attached hydrogens (tertiary/aromatic N) is 2. The Morgan fingerprint density at radius 1 is 1.46 bits per heavy atom. The predicted octanol–water partition coefficient (Wildman–Crippen LogP) is 2.81. The second-order valence-electron chi connectivity index (χ2n) is 2.63. The Balaban J connectivity index is 2.46. The maximum Gasteiger partial charge on any atom is 0.169 e. The molecule has 0 aromatic carbocycles. The Morgan fingerprint density at radius 2 is 2.31 bits per heavy atom. The van der Waals surface area contributed by atoms with Crippen molar-refractivity contribution in [3.8, 4) is 11.3 Å². The lowest BCUT2D eigenvalue weighted by molar-refractivity contribution is 0.542. The molecule has 66 valence electrons. The van der Waals surface area contributed by atoms with Crippen molar-refractivity contribution >= 4 is 15.9 Å². The Morgan fingerprint density at radius 3 is 2.92 bits per heavy atom. The van der Waals surface area contributed by atoms with E-state index < -0.39 is 0 Å². The predicted molar refractivity (Wildman–Crippen MR) is 52.2 cm³/mol. The van der Waals surface area contributed by atoms with Gasteiger partial charge in [-0.05, 0) is 28.9 Å². The zero-order valence-corrected chi connectivity index (χ0v) is 8.58. The Hall–Kier alpha value is -1.16.